The highest BCUT2D eigenvalue weighted by Gasteiger charge is 2.14. The minimum absolute atomic E-state index is 0.0825. The highest BCUT2D eigenvalue weighted by atomic mass is 32.1. The van der Waals surface area contributed by atoms with E-state index in [9.17, 15) is 13.6 Å². The SMILES string of the molecule is COc1cc(C(=O)NCc2cccs2)ccc1OC(F)F. The number of thiophene rings is 1. The molecule has 1 aromatic carbocycles. The average molecular weight is 313 g/mol. The van der Waals surface area contributed by atoms with E-state index in [0.29, 0.717) is 12.1 Å². The Kier molecular flexibility index (Phi) is 5.10. The average Bonchev–Trinajstić information content (AvgIpc) is 2.98. The van der Waals surface area contributed by atoms with Crippen LogP contribution in [0.25, 0.3) is 0 Å². The van der Waals surface area contributed by atoms with E-state index in [1.807, 2.05) is 17.5 Å². The zero-order valence-electron chi connectivity index (χ0n) is 11.1. The third-order valence-electron chi connectivity index (χ3n) is 2.65. The maximum absolute atomic E-state index is 12.2. The van der Waals surface area contributed by atoms with E-state index in [0.717, 1.165) is 4.88 Å². The molecule has 1 aromatic heterocycles. The molecule has 0 aliphatic heterocycles. The Labute approximate surface area is 124 Å². The lowest BCUT2D eigenvalue weighted by Gasteiger charge is -2.11. The molecular formula is C14H13F2NO3S. The van der Waals surface area contributed by atoms with Crippen LogP contribution in [-0.2, 0) is 6.54 Å². The van der Waals surface area contributed by atoms with Gasteiger partial charge in [-0.15, -0.1) is 11.3 Å². The molecule has 4 nitrogen and oxygen atoms in total. The number of hydrogen-bond donors (Lipinski definition) is 1. The monoisotopic (exact) mass is 313 g/mol. The smallest absolute Gasteiger partial charge is 0.387 e. The van der Waals surface area contributed by atoms with Crippen molar-refractivity contribution in [2.24, 2.45) is 0 Å². The topological polar surface area (TPSA) is 47.6 Å². The predicted molar refractivity (Wildman–Crippen MR) is 75.1 cm³/mol. The molecule has 1 heterocycles. The highest BCUT2D eigenvalue weighted by molar-refractivity contribution is 7.09. The predicted octanol–water partition coefficient (Wildman–Crippen LogP) is 3.29. The van der Waals surface area contributed by atoms with Gasteiger partial charge in [0.1, 0.15) is 0 Å². The van der Waals surface area contributed by atoms with Crippen LogP contribution in [0, 0.1) is 0 Å². The minimum atomic E-state index is -2.95. The van der Waals surface area contributed by atoms with Gasteiger partial charge >= 0.3 is 6.61 Å². The van der Waals surface area contributed by atoms with Gasteiger partial charge in [0.15, 0.2) is 11.5 Å². The molecule has 21 heavy (non-hydrogen) atoms. The summed E-state index contributed by atoms with van der Waals surface area (Å²) in [5.74, 6) is -0.341. The quantitative estimate of drug-likeness (QED) is 0.890. The molecule has 2 aromatic rings. The molecule has 0 radical (unpaired) electrons. The van der Waals surface area contributed by atoms with E-state index in [1.54, 1.807) is 0 Å². The number of nitrogens with one attached hydrogen (secondary N) is 1. The van der Waals surface area contributed by atoms with Crippen LogP contribution in [0.3, 0.4) is 0 Å². The van der Waals surface area contributed by atoms with Crippen molar-refractivity contribution in [2.45, 2.75) is 13.2 Å². The first kappa shape index (κ1) is 15.2. The van der Waals surface area contributed by atoms with Crippen LogP contribution in [-0.4, -0.2) is 19.6 Å². The number of methoxy groups -OCH3 is 1. The molecule has 0 atom stereocenters. The summed E-state index contributed by atoms with van der Waals surface area (Å²) < 4.78 is 33.7. The normalized spacial score (nSPS) is 10.5. The summed E-state index contributed by atoms with van der Waals surface area (Å²) in [5, 5.41) is 4.66. The molecule has 0 saturated carbocycles. The Bertz CT molecular complexity index is 602. The molecule has 7 heteroatoms. The maximum Gasteiger partial charge on any atom is 0.387 e. The van der Waals surface area contributed by atoms with Crippen LogP contribution in [0.1, 0.15) is 15.2 Å². The van der Waals surface area contributed by atoms with Crippen LogP contribution in [0.5, 0.6) is 11.5 Å². The van der Waals surface area contributed by atoms with Gasteiger partial charge in [0.2, 0.25) is 0 Å². The van der Waals surface area contributed by atoms with Gasteiger partial charge in [-0.25, -0.2) is 0 Å². The van der Waals surface area contributed by atoms with Gasteiger partial charge in [-0.3, -0.25) is 4.79 Å². The second kappa shape index (κ2) is 7.03. The fourth-order valence-electron chi connectivity index (χ4n) is 1.68. The molecule has 1 N–H and O–H groups in total. The van der Waals surface area contributed by atoms with Gasteiger partial charge in [-0.05, 0) is 29.6 Å². The van der Waals surface area contributed by atoms with Crippen molar-refractivity contribution in [3.63, 3.8) is 0 Å². The Balaban J connectivity index is 2.07. The first-order chi connectivity index (χ1) is 10.1. The molecule has 1 amide bonds. The molecule has 0 unspecified atom stereocenters. The highest BCUT2D eigenvalue weighted by Crippen LogP contribution is 2.29. The summed E-state index contributed by atoms with van der Waals surface area (Å²) in [4.78, 5) is 13.0. The van der Waals surface area contributed by atoms with Gasteiger partial charge in [-0.1, -0.05) is 6.07 Å². The van der Waals surface area contributed by atoms with Gasteiger partial charge in [0, 0.05) is 10.4 Å². The van der Waals surface area contributed by atoms with Crippen LogP contribution in [0.2, 0.25) is 0 Å². The lowest BCUT2D eigenvalue weighted by Crippen LogP contribution is -2.22. The fourth-order valence-corrected chi connectivity index (χ4v) is 2.33. The van der Waals surface area contributed by atoms with Gasteiger partial charge < -0.3 is 14.8 Å². The van der Waals surface area contributed by atoms with E-state index in [2.05, 4.69) is 10.1 Å². The molecule has 0 spiro atoms. The number of carbonyl (C=O) groups excluding carboxylic acids is 1. The van der Waals surface area contributed by atoms with Crippen LogP contribution < -0.4 is 14.8 Å². The summed E-state index contributed by atoms with van der Waals surface area (Å²) in [6, 6.07) is 7.85. The number of amides is 1. The van der Waals surface area contributed by atoms with Crippen LogP contribution in [0.4, 0.5) is 8.78 Å². The molecule has 2 rings (SSSR count). The van der Waals surface area contributed by atoms with Crippen molar-refractivity contribution in [3.05, 3.63) is 46.2 Å². The third-order valence-corrected chi connectivity index (χ3v) is 3.52. The summed E-state index contributed by atoms with van der Waals surface area (Å²) in [7, 11) is 1.32. The largest absolute Gasteiger partial charge is 0.493 e. The fraction of sp³-hybridized carbons (Fsp3) is 0.214. The third kappa shape index (κ3) is 4.16. The number of benzene rings is 1. The number of carbonyl (C=O) groups is 1. The number of hydrogen-bond acceptors (Lipinski definition) is 4. The summed E-state index contributed by atoms with van der Waals surface area (Å²) in [6.07, 6.45) is 0. The van der Waals surface area contributed by atoms with Crippen molar-refractivity contribution in [1.29, 1.82) is 0 Å². The van der Waals surface area contributed by atoms with E-state index in [1.165, 1.54) is 36.6 Å². The number of rotatable bonds is 6. The number of alkyl halides is 2. The number of halogens is 2. The van der Waals surface area contributed by atoms with Gasteiger partial charge in [-0.2, -0.15) is 8.78 Å². The summed E-state index contributed by atoms with van der Waals surface area (Å²) in [6.45, 7) is -2.54. The Morgan fingerprint density at radius 1 is 1.33 bits per heavy atom. The minimum Gasteiger partial charge on any atom is -0.493 e. The van der Waals surface area contributed by atoms with Crippen molar-refractivity contribution in [2.75, 3.05) is 7.11 Å². The van der Waals surface area contributed by atoms with Crippen LogP contribution in [0.15, 0.2) is 35.7 Å². The molecule has 0 bridgehead atoms. The van der Waals surface area contributed by atoms with E-state index >= 15 is 0 Å². The van der Waals surface area contributed by atoms with Crippen molar-refractivity contribution in [3.8, 4) is 11.5 Å². The Morgan fingerprint density at radius 3 is 2.76 bits per heavy atom. The van der Waals surface area contributed by atoms with Gasteiger partial charge in [0.25, 0.3) is 5.91 Å². The summed E-state index contributed by atoms with van der Waals surface area (Å²) in [5.41, 5.74) is 0.310. The second-order valence-electron chi connectivity index (χ2n) is 4.01. The second-order valence-corrected chi connectivity index (χ2v) is 5.04. The van der Waals surface area contributed by atoms with Crippen molar-refractivity contribution >= 4 is 17.2 Å². The zero-order chi connectivity index (χ0) is 15.2. The van der Waals surface area contributed by atoms with Crippen molar-refractivity contribution in [1.82, 2.24) is 5.32 Å². The molecule has 0 fully saturated rings. The first-order valence-corrected chi connectivity index (χ1v) is 6.91. The van der Waals surface area contributed by atoms with E-state index in [-0.39, 0.29) is 17.4 Å². The number of ether oxygens (including phenoxy) is 2. The molecule has 112 valence electrons. The Morgan fingerprint density at radius 2 is 2.14 bits per heavy atom. The van der Waals surface area contributed by atoms with E-state index in [4.69, 9.17) is 4.74 Å². The zero-order valence-corrected chi connectivity index (χ0v) is 12.0. The van der Waals surface area contributed by atoms with Gasteiger partial charge in [0.05, 0.1) is 13.7 Å². The van der Waals surface area contributed by atoms with E-state index < -0.39 is 6.61 Å². The molecule has 0 aliphatic rings. The maximum atomic E-state index is 12.2. The standard InChI is InChI=1S/C14H13F2NO3S/c1-19-12-7-9(4-5-11(12)20-14(15)16)13(18)17-8-10-3-2-6-21-10/h2-7,14H,8H2,1H3,(H,17,18). The summed E-state index contributed by atoms with van der Waals surface area (Å²) >= 11 is 1.53. The molecule has 0 saturated heterocycles. The molecule has 0 aliphatic carbocycles. The van der Waals surface area contributed by atoms with Crippen LogP contribution >= 0.6 is 11.3 Å². The Hall–Kier alpha value is -2.15. The van der Waals surface area contributed by atoms with Crippen molar-refractivity contribution < 1.29 is 23.0 Å². The first-order valence-electron chi connectivity index (χ1n) is 6.03. The molecular weight excluding hydrogens is 300 g/mol. The lowest BCUT2D eigenvalue weighted by molar-refractivity contribution is -0.0512. The lowest BCUT2D eigenvalue weighted by atomic mass is 10.2.